The molecule has 2 rings (SSSR count). The average molecular weight is 262 g/mol. The topological polar surface area (TPSA) is 71.5 Å². The van der Waals surface area contributed by atoms with Gasteiger partial charge in [0.25, 0.3) is 5.91 Å². The Morgan fingerprint density at radius 2 is 2.26 bits per heavy atom. The number of allylic oxidation sites excluding steroid dienone is 1. The molecule has 0 spiro atoms. The summed E-state index contributed by atoms with van der Waals surface area (Å²) in [5.74, 6) is 0.521. The standard InChI is InChI=1S/C14H18N2O3/c1-10-12(3-2-8-19-10)14(18)16-9-13(17)11-4-6-15-7-5-11/h4-7,13,17H,2-3,8-9H2,1H3,(H,16,18). The number of nitrogens with one attached hydrogen (secondary N) is 1. The van der Waals surface area contributed by atoms with Crippen molar-refractivity contribution >= 4 is 5.91 Å². The van der Waals surface area contributed by atoms with Crippen molar-refractivity contribution in [2.45, 2.75) is 25.9 Å². The lowest BCUT2D eigenvalue weighted by Crippen LogP contribution is -2.31. The van der Waals surface area contributed by atoms with E-state index in [0.717, 1.165) is 18.4 Å². The van der Waals surface area contributed by atoms with Crippen molar-refractivity contribution in [1.29, 1.82) is 0 Å². The molecule has 5 heteroatoms. The smallest absolute Gasteiger partial charge is 0.250 e. The SMILES string of the molecule is CC1=C(C(=O)NCC(O)c2ccncc2)CCCO1. The Morgan fingerprint density at radius 3 is 2.95 bits per heavy atom. The van der Waals surface area contributed by atoms with Crippen LogP contribution in [0.25, 0.3) is 0 Å². The van der Waals surface area contributed by atoms with E-state index in [9.17, 15) is 9.90 Å². The van der Waals surface area contributed by atoms with Gasteiger partial charge in [0.15, 0.2) is 0 Å². The summed E-state index contributed by atoms with van der Waals surface area (Å²) in [6.45, 7) is 2.65. The first-order valence-corrected chi connectivity index (χ1v) is 6.37. The van der Waals surface area contributed by atoms with Crippen LogP contribution in [0.15, 0.2) is 35.9 Å². The van der Waals surface area contributed by atoms with E-state index in [0.29, 0.717) is 17.9 Å². The zero-order valence-electron chi connectivity index (χ0n) is 10.9. The van der Waals surface area contributed by atoms with Crippen molar-refractivity contribution in [2.24, 2.45) is 0 Å². The van der Waals surface area contributed by atoms with Crippen LogP contribution in [0.2, 0.25) is 0 Å². The van der Waals surface area contributed by atoms with Gasteiger partial charge >= 0.3 is 0 Å². The van der Waals surface area contributed by atoms with Gasteiger partial charge in [-0.25, -0.2) is 0 Å². The van der Waals surface area contributed by atoms with Crippen molar-refractivity contribution in [3.8, 4) is 0 Å². The zero-order valence-corrected chi connectivity index (χ0v) is 10.9. The maximum Gasteiger partial charge on any atom is 0.250 e. The summed E-state index contributed by atoms with van der Waals surface area (Å²) in [5.41, 5.74) is 1.41. The fourth-order valence-corrected chi connectivity index (χ4v) is 2.01. The summed E-state index contributed by atoms with van der Waals surface area (Å²) in [7, 11) is 0. The van der Waals surface area contributed by atoms with Crippen LogP contribution < -0.4 is 5.32 Å². The number of aliphatic hydroxyl groups is 1. The third-order valence-corrected chi connectivity index (χ3v) is 3.14. The van der Waals surface area contributed by atoms with Gasteiger partial charge in [0, 0.05) is 18.9 Å². The van der Waals surface area contributed by atoms with Crippen molar-refractivity contribution < 1.29 is 14.6 Å². The predicted molar refractivity (Wildman–Crippen MR) is 70.1 cm³/mol. The van der Waals surface area contributed by atoms with Crippen molar-refractivity contribution in [2.75, 3.05) is 13.2 Å². The van der Waals surface area contributed by atoms with Gasteiger partial charge in [-0.1, -0.05) is 0 Å². The van der Waals surface area contributed by atoms with Gasteiger partial charge in [0.1, 0.15) is 5.76 Å². The van der Waals surface area contributed by atoms with Crippen molar-refractivity contribution in [3.05, 3.63) is 41.4 Å². The summed E-state index contributed by atoms with van der Waals surface area (Å²) in [5, 5.41) is 12.7. The third-order valence-electron chi connectivity index (χ3n) is 3.14. The number of carbonyl (C=O) groups is 1. The van der Waals surface area contributed by atoms with Crippen LogP contribution >= 0.6 is 0 Å². The molecule has 5 nitrogen and oxygen atoms in total. The van der Waals surface area contributed by atoms with E-state index in [2.05, 4.69) is 10.3 Å². The number of amides is 1. The minimum absolute atomic E-state index is 0.162. The first kappa shape index (κ1) is 13.5. The maximum absolute atomic E-state index is 12.0. The number of carbonyl (C=O) groups excluding carboxylic acids is 1. The van der Waals surface area contributed by atoms with Gasteiger partial charge in [0.2, 0.25) is 0 Å². The quantitative estimate of drug-likeness (QED) is 0.858. The molecule has 2 heterocycles. The molecule has 1 aromatic rings. The first-order valence-electron chi connectivity index (χ1n) is 6.37. The lowest BCUT2D eigenvalue weighted by molar-refractivity contribution is -0.118. The van der Waals surface area contributed by atoms with Gasteiger partial charge in [0.05, 0.1) is 18.3 Å². The molecule has 0 aliphatic carbocycles. The van der Waals surface area contributed by atoms with Crippen LogP contribution in [0, 0.1) is 0 Å². The lowest BCUT2D eigenvalue weighted by Gasteiger charge is -2.19. The van der Waals surface area contributed by atoms with Crippen LogP contribution in [0.4, 0.5) is 0 Å². The summed E-state index contributed by atoms with van der Waals surface area (Å²) >= 11 is 0. The molecule has 19 heavy (non-hydrogen) atoms. The van der Waals surface area contributed by atoms with E-state index in [1.54, 1.807) is 31.5 Å². The Kier molecular flexibility index (Phi) is 4.52. The molecule has 0 radical (unpaired) electrons. The fraction of sp³-hybridized carbons (Fsp3) is 0.429. The summed E-state index contributed by atoms with van der Waals surface area (Å²) < 4.78 is 5.35. The second kappa shape index (κ2) is 6.33. The molecule has 2 N–H and O–H groups in total. The second-order valence-electron chi connectivity index (χ2n) is 4.49. The molecule has 1 aromatic heterocycles. The van der Waals surface area contributed by atoms with Crippen molar-refractivity contribution in [3.63, 3.8) is 0 Å². The highest BCUT2D eigenvalue weighted by Gasteiger charge is 2.18. The van der Waals surface area contributed by atoms with E-state index in [1.165, 1.54) is 0 Å². The van der Waals surface area contributed by atoms with E-state index in [1.807, 2.05) is 0 Å². The van der Waals surface area contributed by atoms with Crippen LogP contribution in [0.3, 0.4) is 0 Å². The number of ether oxygens (including phenoxy) is 1. The van der Waals surface area contributed by atoms with Gasteiger partial charge < -0.3 is 15.2 Å². The molecule has 1 atom stereocenters. The molecular formula is C14H18N2O3. The summed E-state index contributed by atoms with van der Waals surface area (Å²) in [6.07, 6.45) is 4.08. The van der Waals surface area contributed by atoms with Gasteiger partial charge in [-0.2, -0.15) is 0 Å². The minimum Gasteiger partial charge on any atom is -0.498 e. The molecule has 102 valence electrons. The third kappa shape index (κ3) is 3.54. The Hall–Kier alpha value is -1.88. The minimum atomic E-state index is -0.725. The molecule has 0 aromatic carbocycles. The Labute approximate surface area is 112 Å². The van der Waals surface area contributed by atoms with Gasteiger partial charge in [-0.15, -0.1) is 0 Å². The Balaban J connectivity index is 1.90. The van der Waals surface area contributed by atoms with E-state index >= 15 is 0 Å². The summed E-state index contributed by atoms with van der Waals surface area (Å²) in [4.78, 5) is 15.9. The monoisotopic (exact) mass is 262 g/mol. The van der Waals surface area contributed by atoms with E-state index < -0.39 is 6.10 Å². The van der Waals surface area contributed by atoms with E-state index in [4.69, 9.17) is 4.74 Å². The molecular weight excluding hydrogens is 244 g/mol. The second-order valence-corrected chi connectivity index (χ2v) is 4.49. The predicted octanol–water partition coefficient (Wildman–Crippen LogP) is 1.32. The largest absolute Gasteiger partial charge is 0.498 e. The highest BCUT2D eigenvalue weighted by molar-refractivity contribution is 5.93. The van der Waals surface area contributed by atoms with Crippen LogP contribution in [0.5, 0.6) is 0 Å². The van der Waals surface area contributed by atoms with Crippen LogP contribution in [-0.2, 0) is 9.53 Å². The van der Waals surface area contributed by atoms with Crippen LogP contribution in [0.1, 0.15) is 31.4 Å². The first-order chi connectivity index (χ1) is 9.18. The number of aromatic nitrogens is 1. The van der Waals surface area contributed by atoms with Crippen molar-refractivity contribution in [1.82, 2.24) is 10.3 Å². The number of rotatable bonds is 4. The zero-order chi connectivity index (χ0) is 13.7. The molecule has 0 bridgehead atoms. The number of pyridine rings is 1. The lowest BCUT2D eigenvalue weighted by atomic mass is 10.1. The molecule has 1 aliphatic heterocycles. The highest BCUT2D eigenvalue weighted by atomic mass is 16.5. The van der Waals surface area contributed by atoms with Crippen LogP contribution in [-0.4, -0.2) is 29.1 Å². The molecule has 1 unspecified atom stereocenters. The number of aliphatic hydroxyl groups excluding tert-OH is 1. The van der Waals surface area contributed by atoms with E-state index in [-0.39, 0.29) is 12.5 Å². The Morgan fingerprint density at radius 1 is 1.53 bits per heavy atom. The Bertz CT molecular complexity index is 471. The molecule has 0 saturated heterocycles. The molecule has 1 aliphatic rings. The number of hydrogen-bond acceptors (Lipinski definition) is 4. The van der Waals surface area contributed by atoms with Gasteiger partial charge in [-0.3, -0.25) is 9.78 Å². The fourth-order valence-electron chi connectivity index (χ4n) is 2.01. The molecule has 1 amide bonds. The highest BCUT2D eigenvalue weighted by Crippen LogP contribution is 2.19. The average Bonchev–Trinajstić information content (AvgIpc) is 2.46. The number of hydrogen-bond donors (Lipinski definition) is 2. The maximum atomic E-state index is 12.0. The number of nitrogens with zero attached hydrogens (tertiary/aromatic N) is 1. The van der Waals surface area contributed by atoms with Gasteiger partial charge in [-0.05, 0) is 37.5 Å². The molecule has 0 saturated carbocycles. The normalized spacial score (nSPS) is 16.7. The molecule has 0 fully saturated rings. The summed E-state index contributed by atoms with van der Waals surface area (Å²) in [6, 6.07) is 3.45.